The molecule has 17 heteroatoms. The van der Waals surface area contributed by atoms with Gasteiger partial charge in [-0.2, -0.15) is 43.5 Å². The highest BCUT2D eigenvalue weighted by molar-refractivity contribution is 7.87. The first-order valence-corrected chi connectivity index (χ1v) is 10.8. The van der Waals surface area contributed by atoms with Crippen LogP contribution in [0.2, 0.25) is 0 Å². The lowest BCUT2D eigenvalue weighted by Gasteiger charge is -2.38. The third kappa shape index (κ3) is 7.00. The molecule has 1 unspecified atom stereocenters. The molecule has 0 aromatic rings. The van der Waals surface area contributed by atoms with Gasteiger partial charge in [0.1, 0.15) is 0 Å². The molecule has 0 fully saturated rings. The standard InChI is InChI=1S/C17H23F8NO7S/c1-5-26(10(2)3)13(28)15(16(21,22)23,33-12(27)11(4)18)32-9-7-6-8-14(19,20)17(24,25)34(29,30)31/h10H,4-9H2,1-3H3,(H,29,30,31). The Morgan fingerprint density at radius 1 is 1.06 bits per heavy atom. The van der Waals surface area contributed by atoms with Gasteiger partial charge in [-0.15, -0.1) is 0 Å². The summed E-state index contributed by atoms with van der Waals surface area (Å²) >= 11 is 0. The highest BCUT2D eigenvalue weighted by Crippen LogP contribution is 2.42. The van der Waals surface area contributed by atoms with Gasteiger partial charge < -0.3 is 14.4 Å². The molecule has 0 saturated carbocycles. The molecule has 34 heavy (non-hydrogen) atoms. The lowest BCUT2D eigenvalue weighted by atomic mass is 10.1. The van der Waals surface area contributed by atoms with Gasteiger partial charge in [0.2, 0.25) is 5.83 Å². The topological polar surface area (TPSA) is 110 Å². The number of nitrogens with zero attached hydrogens (tertiary/aromatic N) is 1. The Morgan fingerprint density at radius 3 is 1.91 bits per heavy atom. The van der Waals surface area contributed by atoms with Gasteiger partial charge in [0.15, 0.2) is 0 Å². The molecular formula is C17H23F8NO7S. The smallest absolute Gasteiger partial charge is 0.410 e. The van der Waals surface area contributed by atoms with Gasteiger partial charge in [-0.3, -0.25) is 9.35 Å². The van der Waals surface area contributed by atoms with Crippen molar-refractivity contribution < 1.29 is 67.2 Å². The van der Waals surface area contributed by atoms with Gasteiger partial charge in [-0.1, -0.05) is 6.58 Å². The second kappa shape index (κ2) is 11.2. The Bertz CT molecular complexity index is 860. The molecule has 200 valence electrons. The summed E-state index contributed by atoms with van der Waals surface area (Å²) in [5, 5.41) is -5.89. The Morgan fingerprint density at radius 2 is 1.56 bits per heavy atom. The van der Waals surface area contributed by atoms with E-state index in [-0.39, 0.29) is 6.54 Å². The summed E-state index contributed by atoms with van der Waals surface area (Å²) in [6.07, 6.45) is -9.75. The maximum Gasteiger partial charge on any atom is 0.466 e. The van der Waals surface area contributed by atoms with Crippen LogP contribution in [0, 0.1) is 0 Å². The molecule has 0 aromatic carbocycles. The number of esters is 1. The summed E-state index contributed by atoms with van der Waals surface area (Å²) in [6.45, 7) is 4.62. The predicted molar refractivity (Wildman–Crippen MR) is 98.9 cm³/mol. The first-order valence-electron chi connectivity index (χ1n) is 9.41. The van der Waals surface area contributed by atoms with E-state index >= 15 is 0 Å². The van der Waals surface area contributed by atoms with E-state index in [0.717, 1.165) is 0 Å². The number of rotatable bonds is 13. The van der Waals surface area contributed by atoms with E-state index in [1.54, 1.807) is 0 Å². The van der Waals surface area contributed by atoms with Crippen molar-refractivity contribution >= 4 is 22.0 Å². The van der Waals surface area contributed by atoms with Crippen molar-refractivity contribution in [2.75, 3.05) is 13.2 Å². The molecule has 0 radical (unpaired) electrons. The van der Waals surface area contributed by atoms with E-state index in [9.17, 15) is 53.1 Å². The van der Waals surface area contributed by atoms with Gasteiger partial charge >= 0.3 is 45.1 Å². The Labute approximate surface area is 189 Å². The van der Waals surface area contributed by atoms with Crippen LogP contribution in [0.25, 0.3) is 0 Å². The van der Waals surface area contributed by atoms with E-state index in [1.165, 1.54) is 20.8 Å². The first-order chi connectivity index (χ1) is 15.1. The SMILES string of the molecule is C=C(F)C(=O)OC(OCCCCC(F)(F)C(F)(F)S(=O)(=O)O)(C(=O)N(CC)C(C)C)C(F)(F)F. The normalized spacial score (nSPS) is 15.1. The van der Waals surface area contributed by atoms with Crippen molar-refractivity contribution in [2.24, 2.45) is 0 Å². The summed E-state index contributed by atoms with van der Waals surface area (Å²) in [7, 11) is -6.51. The molecule has 1 N–H and O–H groups in total. The minimum Gasteiger partial charge on any atom is -0.410 e. The van der Waals surface area contributed by atoms with Gasteiger partial charge in [-0.05, 0) is 33.6 Å². The van der Waals surface area contributed by atoms with Crippen molar-refractivity contribution in [3.8, 4) is 0 Å². The van der Waals surface area contributed by atoms with Gasteiger partial charge in [0, 0.05) is 19.0 Å². The maximum absolute atomic E-state index is 13.9. The Balaban J connectivity index is 5.82. The second-order valence-corrected chi connectivity index (χ2v) is 8.56. The minimum atomic E-state index is -6.51. The van der Waals surface area contributed by atoms with Crippen LogP contribution < -0.4 is 0 Å². The number of unbranched alkanes of at least 4 members (excludes halogenated alkanes) is 1. The summed E-state index contributed by atoms with van der Waals surface area (Å²) in [6, 6.07) is -0.906. The highest BCUT2D eigenvalue weighted by Gasteiger charge is 2.68. The average Bonchev–Trinajstić information content (AvgIpc) is 2.64. The zero-order chi connectivity index (χ0) is 27.3. The van der Waals surface area contributed by atoms with E-state index in [2.05, 4.69) is 16.1 Å². The number of hydrogen-bond acceptors (Lipinski definition) is 6. The molecule has 0 aromatic heterocycles. The van der Waals surface area contributed by atoms with Crippen LogP contribution >= 0.6 is 0 Å². The number of halogens is 8. The largest absolute Gasteiger partial charge is 0.466 e. The monoisotopic (exact) mass is 537 g/mol. The fourth-order valence-corrected chi connectivity index (χ4v) is 2.99. The van der Waals surface area contributed by atoms with Crippen LogP contribution in [0.1, 0.15) is 40.0 Å². The Hall–Kier alpha value is -2.01. The van der Waals surface area contributed by atoms with Crippen molar-refractivity contribution in [3.05, 3.63) is 12.4 Å². The Kier molecular flexibility index (Phi) is 10.5. The number of carbonyl (C=O) groups excluding carboxylic acids is 2. The lowest BCUT2D eigenvalue weighted by Crippen LogP contribution is -2.63. The number of alkyl halides is 7. The molecule has 0 aliphatic rings. The van der Waals surface area contributed by atoms with Gasteiger partial charge in [0.25, 0.3) is 0 Å². The zero-order valence-electron chi connectivity index (χ0n) is 18.1. The van der Waals surface area contributed by atoms with E-state index in [1.807, 2.05) is 0 Å². The van der Waals surface area contributed by atoms with Gasteiger partial charge in [-0.25, -0.2) is 4.79 Å². The number of amides is 1. The molecule has 0 aliphatic carbocycles. The number of carbonyl (C=O) groups is 2. The number of likely N-dealkylation sites (N-methyl/N-ethyl adjacent to an activating group) is 1. The molecule has 1 amide bonds. The van der Waals surface area contributed by atoms with Crippen molar-refractivity contribution in [2.45, 2.75) is 69.2 Å². The minimum absolute atomic E-state index is 0.358. The highest BCUT2D eigenvalue weighted by atomic mass is 32.2. The van der Waals surface area contributed by atoms with E-state index in [0.29, 0.717) is 4.90 Å². The first kappa shape index (κ1) is 32.0. The molecule has 0 rings (SSSR count). The predicted octanol–water partition coefficient (Wildman–Crippen LogP) is 3.83. The van der Waals surface area contributed by atoms with Crippen molar-refractivity contribution in [3.63, 3.8) is 0 Å². The van der Waals surface area contributed by atoms with Gasteiger partial charge in [0.05, 0.1) is 6.61 Å². The number of hydrogen-bond donors (Lipinski definition) is 1. The van der Waals surface area contributed by atoms with Crippen LogP contribution in [0.4, 0.5) is 35.1 Å². The average molecular weight is 537 g/mol. The summed E-state index contributed by atoms with van der Waals surface area (Å²) in [4.78, 5) is 24.7. The quantitative estimate of drug-likeness (QED) is 0.0950. The molecular weight excluding hydrogens is 514 g/mol. The van der Waals surface area contributed by atoms with E-state index < -0.39 is 82.9 Å². The molecule has 0 aliphatic heterocycles. The molecule has 1 atom stereocenters. The van der Waals surface area contributed by atoms with E-state index in [4.69, 9.17) is 4.55 Å². The second-order valence-electron chi connectivity index (χ2n) is 7.10. The van der Waals surface area contributed by atoms with Crippen LogP contribution in [-0.4, -0.2) is 72.1 Å². The fourth-order valence-electron chi connectivity index (χ4n) is 2.51. The summed E-state index contributed by atoms with van der Waals surface area (Å²) < 4.78 is 146. The molecule has 0 spiro atoms. The molecule has 0 bridgehead atoms. The lowest BCUT2D eigenvalue weighted by molar-refractivity contribution is -0.351. The third-order valence-electron chi connectivity index (χ3n) is 4.28. The molecule has 0 saturated heterocycles. The van der Waals surface area contributed by atoms with Crippen LogP contribution in [-0.2, 0) is 29.2 Å². The third-order valence-corrected chi connectivity index (χ3v) is 5.22. The number of ether oxygens (including phenoxy) is 2. The maximum atomic E-state index is 13.9. The fraction of sp³-hybridized carbons (Fsp3) is 0.765. The summed E-state index contributed by atoms with van der Waals surface area (Å²) in [5.74, 6) is -16.1. The van der Waals surface area contributed by atoms with Crippen LogP contribution in [0.5, 0.6) is 0 Å². The summed E-state index contributed by atoms with van der Waals surface area (Å²) in [5.41, 5.74) is 0. The molecule has 8 nitrogen and oxygen atoms in total. The molecule has 0 heterocycles. The van der Waals surface area contributed by atoms with Crippen molar-refractivity contribution in [1.82, 2.24) is 4.90 Å². The zero-order valence-corrected chi connectivity index (χ0v) is 18.9. The van der Waals surface area contributed by atoms with Crippen LogP contribution in [0.15, 0.2) is 12.4 Å². The van der Waals surface area contributed by atoms with Crippen molar-refractivity contribution in [1.29, 1.82) is 0 Å². The van der Waals surface area contributed by atoms with Crippen LogP contribution in [0.3, 0.4) is 0 Å².